The van der Waals surface area contributed by atoms with Gasteiger partial charge < -0.3 is 9.47 Å². The SMILES string of the molecule is CC(C)(C)C(COCC1CCCO1)CS(N)(=O)=O. The van der Waals surface area contributed by atoms with Crippen molar-refractivity contribution in [2.75, 3.05) is 25.6 Å². The standard InChI is InChI=1S/C12H25NO4S/c1-12(2,3)10(9-18(13,14)15)7-16-8-11-5-4-6-17-11/h10-11H,4-9H2,1-3H3,(H2,13,14,15). The highest BCUT2D eigenvalue weighted by Crippen LogP contribution is 2.27. The lowest BCUT2D eigenvalue weighted by atomic mass is 9.82. The van der Waals surface area contributed by atoms with E-state index in [1.54, 1.807) is 0 Å². The molecule has 108 valence electrons. The first-order valence-corrected chi connectivity index (χ1v) is 8.10. The summed E-state index contributed by atoms with van der Waals surface area (Å²) in [5, 5.41) is 5.12. The van der Waals surface area contributed by atoms with Gasteiger partial charge in [0.05, 0.1) is 25.1 Å². The van der Waals surface area contributed by atoms with Crippen LogP contribution in [0, 0.1) is 11.3 Å². The summed E-state index contributed by atoms with van der Waals surface area (Å²) in [6.45, 7) is 7.74. The van der Waals surface area contributed by atoms with Gasteiger partial charge in [0.25, 0.3) is 0 Å². The Morgan fingerprint density at radius 3 is 2.56 bits per heavy atom. The number of hydrogen-bond donors (Lipinski definition) is 1. The van der Waals surface area contributed by atoms with Gasteiger partial charge >= 0.3 is 0 Å². The monoisotopic (exact) mass is 279 g/mol. The van der Waals surface area contributed by atoms with Crippen LogP contribution in [-0.2, 0) is 19.5 Å². The molecule has 2 unspecified atom stereocenters. The molecule has 1 aliphatic rings. The molecule has 0 aromatic heterocycles. The molecule has 1 heterocycles. The fraction of sp³-hybridized carbons (Fsp3) is 1.00. The molecule has 1 saturated heterocycles. The molecule has 1 rings (SSSR count). The van der Waals surface area contributed by atoms with Crippen LogP contribution in [-0.4, -0.2) is 40.1 Å². The zero-order valence-electron chi connectivity index (χ0n) is 11.5. The lowest BCUT2D eigenvalue weighted by Crippen LogP contribution is -2.35. The minimum Gasteiger partial charge on any atom is -0.378 e. The quantitative estimate of drug-likeness (QED) is 0.790. The Hall–Kier alpha value is -0.170. The number of sulfonamides is 1. The van der Waals surface area contributed by atoms with Crippen LogP contribution in [0.4, 0.5) is 0 Å². The van der Waals surface area contributed by atoms with Gasteiger partial charge in [0.2, 0.25) is 10.0 Å². The number of ether oxygens (including phenoxy) is 2. The lowest BCUT2D eigenvalue weighted by Gasteiger charge is -2.30. The first-order valence-electron chi connectivity index (χ1n) is 6.38. The van der Waals surface area contributed by atoms with Crippen LogP contribution in [0.5, 0.6) is 0 Å². The Morgan fingerprint density at radius 1 is 1.44 bits per heavy atom. The zero-order chi connectivity index (χ0) is 13.8. The van der Waals surface area contributed by atoms with E-state index in [-0.39, 0.29) is 23.2 Å². The van der Waals surface area contributed by atoms with Gasteiger partial charge in [0, 0.05) is 12.5 Å². The van der Waals surface area contributed by atoms with Crippen molar-refractivity contribution >= 4 is 10.0 Å². The minimum absolute atomic E-state index is 0.0397. The Balaban J connectivity index is 2.41. The Labute approximate surface area is 110 Å². The van der Waals surface area contributed by atoms with Gasteiger partial charge in [-0.25, -0.2) is 13.6 Å². The average molecular weight is 279 g/mol. The van der Waals surface area contributed by atoms with Crippen molar-refractivity contribution in [3.63, 3.8) is 0 Å². The van der Waals surface area contributed by atoms with Gasteiger partial charge in [-0.1, -0.05) is 20.8 Å². The maximum Gasteiger partial charge on any atom is 0.209 e. The van der Waals surface area contributed by atoms with E-state index in [0.29, 0.717) is 13.2 Å². The minimum atomic E-state index is -3.47. The molecule has 0 saturated carbocycles. The maximum absolute atomic E-state index is 11.2. The second kappa shape index (κ2) is 6.32. The second-order valence-corrected chi connectivity index (χ2v) is 7.72. The fourth-order valence-electron chi connectivity index (χ4n) is 1.95. The molecule has 2 N–H and O–H groups in total. The van der Waals surface area contributed by atoms with E-state index >= 15 is 0 Å². The van der Waals surface area contributed by atoms with E-state index in [4.69, 9.17) is 14.6 Å². The summed E-state index contributed by atoms with van der Waals surface area (Å²) < 4.78 is 33.5. The van der Waals surface area contributed by atoms with Gasteiger partial charge in [-0.15, -0.1) is 0 Å². The van der Waals surface area contributed by atoms with Crippen LogP contribution >= 0.6 is 0 Å². The van der Waals surface area contributed by atoms with Crippen molar-refractivity contribution in [1.82, 2.24) is 0 Å². The van der Waals surface area contributed by atoms with E-state index in [1.165, 1.54) is 0 Å². The van der Waals surface area contributed by atoms with Crippen molar-refractivity contribution in [2.45, 2.75) is 39.7 Å². The van der Waals surface area contributed by atoms with Crippen LogP contribution < -0.4 is 5.14 Å². The average Bonchev–Trinajstić information content (AvgIpc) is 2.65. The van der Waals surface area contributed by atoms with Gasteiger partial charge in [0.15, 0.2) is 0 Å². The van der Waals surface area contributed by atoms with Crippen LogP contribution in [0.15, 0.2) is 0 Å². The number of primary sulfonamides is 1. The van der Waals surface area contributed by atoms with E-state index in [1.807, 2.05) is 20.8 Å². The first-order chi connectivity index (χ1) is 8.18. The van der Waals surface area contributed by atoms with E-state index in [2.05, 4.69) is 0 Å². The third kappa shape index (κ3) is 6.13. The molecule has 0 aliphatic carbocycles. The molecule has 0 bridgehead atoms. The Kier molecular flexibility index (Phi) is 5.58. The summed E-state index contributed by atoms with van der Waals surface area (Å²) in [4.78, 5) is 0. The molecule has 6 heteroatoms. The summed E-state index contributed by atoms with van der Waals surface area (Å²) in [6, 6.07) is 0. The van der Waals surface area contributed by atoms with Gasteiger partial charge in [-0.2, -0.15) is 0 Å². The van der Waals surface area contributed by atoms with E-state index in [0.717, 1.165) is 19.4 Å². The number of rotatable bonds is 6. The molecular formula is C12H25NO4S. The number of hydrogen-bond acceptors (Lipinski definition) is 4. The molecule has 18 heavy (non-hydrogen) atoms. The third-order valence-corrected chi connectivity index (χ3v) is 4.17. The van der Waals surface area contributed by atoms with Crippen LogP contribution in [0.2, 0.25) is 0 Å². The predicted octanol–water partition coefficient (Wildman–Crippen LogP) is 1.13. The predicted molar refractivity (Wildman–Crippen MR) is 70.7 cm³/mol. The zero-order valence-corrected chi connectivity index (χ0v) is 12.3. The molecular weight excluding hydrogens is 254 g/mol. The topological polar surface area (TPSA) is 78.6 Å². The highest BCUT2D eigenvalue weighted by molar-refractivity contribution is 7.89. The summed E-state index contributed by atoms with van der Waals surface area (Å²) in [5.41, 5.74) is -0.150. The fourth-order valence-corrected chi connectivity index (χ4v) is 3.10. The highest BCUT2D eigenvalue weighted by Gasteiger charge is 2.29. The largest absolute Gasteiger partial charge is 0.378 e. The Bertz CT molecular complexity index is 342. The molecule has 0 aromatic rings. The molecule has 1 aliphatic heterocycles. The summed E-state index contributed by atoms with van der Waals surface area (Å²) in [6.07, 6.45) is 2.27. The molecule has 1 fully saturated rings. The van der Waals surface area contributed by atoms with Crippen molar-refractivity contribution in [3.8, 4) is 0 Å². The van der Waals surface area contributed by atoms with Crippen molar-refractivity contribution in [1.29, 1.82) is 0 Å². The second-order valence-electron chi connectivity index (χ2n) is 6.06. The summed E-state index contributed by atoms with van der Waals surface area (Å²) in [5.74, 6) is -0.143. The van der Waals surface area contributed by atoms with Gasteiger partial charge in [-0.3, -0.25) is 0 Å². The first kappa shape index (κ1) is 15.9. The van der Waals surface area contributed by atoms with Crippen LogP contribution in [0.3, 0.4) is 0 Å². The Morgan fingerprint density at radius 2 is 2.11 bits per heavy atom. The molecule has 0 aromatic carbocycles. The van der Waals surface area contributed by atoms with Crippen LogP contribution in [0.25, 0.3) is 0 Å². The van der Waals surface area contributed by atoms with Crippen molar-refractivity contribution < 1.29 is 17.9 Å². The molecule has 0 spiro atoms. The van der Waals surface area contributed by atoms with Crippen molar-refractivity contribution in [2.24, 2.45) is 16.5 Å². The van der Waals surface area contributed by atoms with Gasteiger partial charge in [-0.05, 0) is 18.3 Å². The summed E-state index contributed by atoms with van der Waals surface area (Å²) in [7, 11) is -3.47. The summed E-state index contributed by atoms with van der Waals surface area (Å²) >= 11 is 0. The molecule has 0 amide bonds. The number of nitrogens with two attached hydrogens (primary N) is 1. The lowest BCUT2D eigenvalue weighted by molar-refractivity contribution is -0.00591. The van der Waals surface area contributed by atoms with Gasteiger partial charge in [0.1, 0.15) is 0 Å². The molecule has 2 atom stereocenters. The normalized spacial score (nSPS) is 23.2. The van der Waals surface area contributed by atoms with Crippen LogP contribution in [0.1, 0.15) is 33.6 Å². The molecule has 0 radical (unpaired) electrons. The molecule has 5 nitrogen and oxygen atoms in total. The van der Waals surface area contributed by atoms with Crippen molar-refractivity contribution in [3.05, 3.63) is 0 Å². The maximum atomic E-state index is 11.2. The smallest absolute Gasteiger partial charge is 0.209 e. The van der Waals surface area contributed by atoms with E-state index < -0.39 is 10.0 Å². The highest BCUT2D eigenvalue weighted by atomic mass is 32.2. The van der Waals surface area contributed by atoms with E-state index in [9.17, 15) is 8.42 Å². The third-order valence-electron chi connectivity index (χ3n) is 3.31.